The molecule has 0 amide bonds. The van der Waals surface area contributed by atoms with Gasteiger partial charge in [-0.25, -0.2) is 0 Å². The molecule has 2 aromatic rings. The third-order valence-corrected chi connectivity index (χ3v) is 4.40. The summed E-state index contributed by atoms with van der Waals surface area (Å²) in [5.41, 5.74) is 2.44. The fourth-order valence-corrected chi connectivity index (χ4v) is 3.07. The van der Waals surface area contributed by atoms with E-state index < -0.39 is 0 Å². The summed E-state index contributed by atoms with van der Waals surface area (Å²) in [4.78, 5) is 12.4. The van der Waals surface area contributed by atoms with Gasteiger partial charge in [-0.2, -0.15) is 0 Å². The van der Waals surface area contributed by atoms with Crippen molar-refractivity contribution in [3.8, 4) is 0 Å². The molecule has 0 fully saturated rings. The van der Waals surface area contributed by atoms with Gasteiger partial charge in [0.25, 0.3) is 5.69 Å². The first-order valence-electron chi connectivity index (χ1n) is 5.66. The number of nitrogens with zero attached hydrogens (tertiary/aromatic N) is 1. The first-order valence-corrected chi connectivity index (χ1v) is 7.27. The Morgan fingerprint density at radius 2 is 1.79 bits per heavy atom. The highest BCUT2D eigenvalue weighted by Gasteiger charge is 2.15. The maximum absolute atomic E-state index is 11.1. The lowest BCUT2D eigenvalue weighted by Gasteiger charge is -2.07. The fraction of sp³-hybridized carbons (Fsp3) is 0.143. The Labute approximate surface area is 124 Å². The number of hydrogen-bond donors (Lipinski definition) is 0. The predicted molar refractivity (Wildman–Crippen MR) is 80.8 cm³/mol. The Bertz CT molecular complexity index is 643. The minimum Gasteiger partial charge on any atom is -0.258 e. The quantitative estimate of drug-likeness (QED) is 0.576. The van der Waals surface area contributed by atoms with E-state index in [-0.39, 0.29) is 10.6 Å². The molecule has 98 valence electrons. The summed E-state index contributed by atoms with van der Waals surface area (Å²) in [6, 6.07) is 11.2. The van der Waals surface area contributed by atoms with Crippen LogP contribution >= 0.6 is 27.7 Å². The van der Waals surface area contributed by atoms with E-state index >= 15 is 0 Å². The van der Waals surface area contributed by atoms with Crippen LogP contribution in [-0.4, -0.2) is 4.92 Å². The second-order valence-electron chi connectivity index (χ2n) is 4.24. The van der Waals surface area contributed by atoms with Crippen LogP contribution in [0.3, 0.4) is 0 Å². The number of nitro groups is 1. The number of hydrogen-bond acceptors (Lipinski definition) is 3. The van der Waals surface area contributed by atoms with Gasteiger partial charge in [-0.1, -0.05) is 45.4 Å². The van der Waals surface area contributed by atoms with Gasteiger partial charge in [0.2, 0.25) is 0 Å². The number of nitro benzene ring substituents is 1. The molecule has 2 rings (SSSR count). The highest BCUT2D eigenvalue weighted by Crippen LogP contribution is 2.37. The lowest BCUT2D eigenvalue weighted by Crippen LogP contribution is -1.91. The summed E-state index contributed by atoms with van der Waals surface area (Å²) in [5.74, 6) is 0. The maximum atomic E-state index is 11.1. The van der Waals surface area contributed by atoms with Crippen LogP contribution in [0.4, 0.5) is 5.69 Å². The zero-order valence-corrected chi connectivity index (χ0v) is 12.9. The van der Waals surface area contributed by atoms with E-state index in [4.69, 9.17) is 0 Å². The summed E-state index contributed by atoms with van der Waals surface area (Å²) in [5, 5.41) is 11.1. The van der Waals surface area contributed by atoms with E-state index in [9.17, 15) is 10.1 Å². The monoisotopic (exact) mass is 337 g/mol. The van der Waals surface area contributed by atoms with Crippen LogP contribution in [0.2, 0.25) is 0 Å². The Balaban J connectivity index is 2.40. The molecule has 0 aliphatic heterocycles. The van der Waals surface area contributed by atoms with Gasteiger partial charge in [-0.05, 0) is 37.6 Å². The first-order chi connectivity index (χ1) is 8.97. The molecule has 0 aliphatic carbocycles. The van der Waals surface area contributed by atoms with E-state index in [1.165, 1.54) is 23.4 Å². The predicted octanol–water partition coefficient (Wildman–Crippen LogP) is 5.13. The second kappa shape index (κ2) is 5.75. The molecule has 0 aromatic heterocycles. The normalized spacial score (nSPS) is 10.5. The highest BCUT2D eigenvalue weighted by atomic mass is 79.9. The molecule has 0 radical (unpaired) electrons. The molecular weight excluding hydrogens is 326 g/mol. The summed E-state index contributed by atoms with van der Waals surface area (Å²) in [7, 11) is 0. The number of halogens is 1. The van der Waals surface area contributed by atoms with Crippen molar-refractivity contribution in [1.29, 1.82) is 0 Å². The van der Waals surface area contributed by atoms with E-state index in [1.807, 2.05) is 32.0 Å². The molecule has 0 bridgehead atoms. The highest BCUT2D eigenvalue weighted by molar-refractivity contribution is 9.10. The van der Waals surface area contributed by atoms with Crippen LogP contribution in [0.25, 0.3) is 0 Å². The topological polar surface area (TPSA) is 43.1 Å². The standard InChI is InChI=1S/C14H12BrNO2S/c1-9-3-5-13(10(2)7-9)19-14-6-4-11(15)8-12(14)16(17)18/h3-8H,1-2H3. The van der Waals surface area contributed by atoms with Gasteiger partial charge in [-0.3, -0.25) is 10.1 Å². The molecule has 0 spiro atoms. The van der Waals surface area contributed by atoms with Gasteiger partial charge in [-0.15, -0.1) is 0 Å². The summed E-state index contributed by atoms with van der Waals surface area (Å²) in [6.07, 6.45) is 0. The largest absolute Gasteiger partial charge is 0.284 e. The van der Waals surface area contributed by atoms with Crippen LogP contribution in [0, 0.1) is 24.0 Å². The molecule has 0 atom stereocenters. The molecule has 0 unspecified atom stereocenters. The summed E-state index contributed by atoms with van der Waals surface area (Å²) >= 11 is 4.68. The zero-order valence-electron chi connectivity index (χ0n) is 10.5. The SMILES string of the molecule is Cc1ccc(Sc2ccc(Br)cc2[N+](=O)[O-])c(C)c1. The van der Waals surface area contributed by atoms with Crippen LogP contribution in [0.5, 0.6) is 0 Å². The molecule has 0 saturated carbocycles. The minimum atomic E-state index is -0.351. The fourth-order valence-electron chi connectivity index (χ4n) is 1.75. The van der Waals surface area contributed by atoms with Crippen LogP contribution < -0.4 is 0 Å². The average molecular weight is 338 g/mol. The lowest BCUT2D eigenvalue weighted by atomic mass is 10.2. The van der Waals surface area contributed by atoms with Crippen molar-refractivity contribution < 1.29 is 4.92 Å². The van der Waals surface area contributed by atoms with Gasteiger partial charge >= 0.3 is 0 Å². The molecule has 3 nitrogen and oxygen atoms in total. The Morgan fingerprint density at radius 1 is 1.11 bits per heavy atom. The summed E-state index contributed by atoms with van der Waals surface area (Å²) < 4.78 is 0.712. The van der Waals surface area contributed by atoms with E-state index in [2.05, 4.69) is 22.0 Å². The first kappa shape index (κ1) is 14.1. The smallest absolute Gasteiger partial charge is 0.258 e. The Hall–Kier alpha value is -1.33. The van der Waals surface area contributed by atoms with Crippen molar-refractivity contribution in [1.82, 2.24) is 0 Å². The zero-order chi connectivity index (χ0) is 14.0. The van der Waals surface area contributed by atoms with Crippen molar-refractivity contribution in [3.63, 3.8) is 0 Å². The molecule has 0 saturated heterocycles. The van der Waals surface area contributed by atoms with Gasteiger partial charge in [0.15, 0.2) is 0 Å². The van der Waals surface area contributed by atoms with Crippen molar-refractivity contribution in [3.05, 3.63) is 62.1 Å². The molecular formula is C14H12BrNO2S. The summed E-state index contributed by atoms with van der Waals surface area (Å²) in [6.45, 7) is 4.05. The molecule has 5 heteroatoms. The Morgan fingerprint density at radius 3 is 2.42 bits per heavy atom. The van der Waals surface area contributed by atoms with Crippen LogP contribution in [0.1, 0.15) is 11.1 Å². The van der Waals surface area contributed by atoms with Gasteiger partial charge in [0, 0.05) is 15.4 Å². The molecule has 0 aliphatic rings. The van der Waals surface area contributed by atoms with Crippen molar-refractivity contribution in [2.24, 2.45) is 0 Å². The van der Waals surface area contributed by atoms with Crippen LogP contribution in [-0.2, 0) is 0 Å². The lowest BCUT2D eigenvalue weighted by molar-refractivity contribution is -0.387. The van der Waals surface area contributed by atoms with Gasteiger partial charge in [0.1, 0.15) is 0 Å². The van der Waals surface area contributed by atoms with E-state index in [0.29, 0.717) is 9.37 Å². The van der Waals surface area contributed by atoms with E-state index in [0.717, 1.165) is 10.5 Å². The molecule has 0 heterocycles. The second-order valence-corrected chi connectivity index (χ2v) is 6.24. The minimum absolute atomic E-state index is 0.124. The number of aryl methyl sites for hydroxylation is 2. The molecule has 2 aromatic carbocycles. The van der Waals surface area contributed by atoms with Gasteiger partial charge < -0.3 is 0 Å². The van der Waals surface area contributed by atoms with Crippen molar-refractivity contribution in [2.45, 2.75) is 23.6 Å². The number of rotatable bonds is 3. The van der Waals surface area contributed by atoms with E-state index in [1.54, 1.807) is 6.07 Å². The average Bonchev–Trinajstić information content (AvgIpc) is 2.34. The molecule has 0 N–H and O–H groups in total. The van der Waals surface area contributed by atoms with Crippen LogP contribution in [0.15, 0.2) is 50.7 Å². The Kier molecular flexibility index (Phi) is 4.27. The number of benzene rings is 2. The molecule has 19 heavy (non-hydrogen) atoms. The third kappa shape index (κ3) is 3.36. The van der Waals surface area contributed by atoms with Crippen molar-refractivity contribution >= 4 is 33.4 Å². The van der Waals surface area contributed by atoms with Gasteiger partial charge in [0.05, 0.1) is 9.82 Å². The third-order valence-electron chi connectivity index (χ3n) is 2.67. The van der Waals surface area contributed by atoms with Crippen molar-refractivity contribution in [2.75, 3.05) is 0 Å². The maximum Gasteiger partial charge on any atom is 0.284 e.